The molecule has 0 unspecified atom stereocenters. The van der Waals surface area contributed by atoms with E-state index in [4.69, 9.17) is 19.9 Å². The summed E-state index contributed by atoms with van der Waals surface area (Å²) in [4.78, 5) is 0. The van der Waals surface area contributed by atoms with Crippen molar-refractivity contribution in [3.05, 3.63) is 0 Å². The molecule has 0 fully saturated rings. The molecule has 4 nitrogen and oxygen atoms in total. The van der Waals surface area contributed by atoms with Crippen LogP contribution in [-0.2, 0) is 14.2 Å². The topological polar surface area (TPSA) is 53.7 Å². The maximum absolute atomic E-state index is 5.38. The molecule has 0 spiro atoms. The second-order valence-corrected chi connectivity index (χ2v) is 3.33. The molecule has 0 aromatic heterocycles. The quantitative estimate of drug-likeness (QED) is 0.501. The molecule has 0 aliphatic carbocycles. The SMILES string of the molecule is CCCCCOCCOCCOCCN. The third kappa shape index (κ3) is 13.8. The fourth-order valence-electron chi connectivity index (χ4n) is 1.08. The first kappa shape index (κ1) is 14.8. The van der Waals surface area contributed by atoms with Crippen molar-refractivity contribution in [2.24, 2.45) is 5.73 Å². The Kier molecular flexibility index (Phi) is 13.7. The van der Waals surface area contributed by atoms with Crippen molar-refractivity contribution in [2.75, 3.05) is 46.2 Å². The Labute approximate surface area is 93.1 Å². The first-order chi connectivity index (χ1) is 7.41. The first-order valence-electron chi connectivity index (χ1n) is 5.85. The largest absolute Gasteiger partial charge is 0.379 e. The van der Waals surface area contributed by atoms with Crippen LogP contribution in [0, 0.1) is 0 Å². The summed E-state index contributed by atoms with van der Waals surface area (Å²) in [5.74, 6) is 0. The monoisotopic (exact) mass is 219 g/mol. The zero-order chi connectivity index (χ0) is 11.2. The van der Waals surface area contributed by atoms with Gasteiger partial charge in [0.25, 0.3) is 0 Å². The summed E-state index contributed by atoms with van der Waals surface area (Å²) in [6.07, 6.45) is 3.63. The van der Waals surface area contributed by atoms with Gasteiger partial charge in [-0.1, -0.05) is 19.8 Å². The zero-order valence-electron chi connectivity index (χ0n) is 9.87. The Morgan fingerprint density at radius 3 is 1.80 bits per heavy atom. The minimum atomic E-state index is 0.570. The third-order valence-corrected chi connectivity index (χ3v) is 1.90. The van der Waals surface area contributed by atoms with Crippen LogP contribution in [0.2, 0.25) is 0 Å². The molecule has 0 atom stereocenters. The van der Waals surface area contributed by atoms with Gasteiger partial charge >= 0.3 is 0 Å². The minimum absolute atomic E-state index is 0.570. The summed E-state index contributed by atoms with van der Waals surface area (Å²) in [5.41, 5.74) is 5.26. The van der Waals surface area contributed by atoms with Crippen LogP contribution in [0.25, 0.3) is 0 Å². The predicted molar refractivity (Wildman–Crippen MR) is 61.0 cm³/mol. The molecule has 2 N–H and O–H groups in total. The maximum atomic E-state index is 5.38. The summed E-state index contributed by atoms with van der Waals surface area (Å²) in [7, 11) is 0. The average Bonchev–Trinajstić information content (AvgIpc) is 2.26. The predicted octanol–water partition coefficient (Wildman–Crippen LogP) is 1.19. The smallest absolute Gasteiger partial charge is 0.0701 e. The second-order valence-electron chi connectivity index (χ2n) is 3.33. The van der Waals surface area contributed by atoms with E-state index in [0.29, 0.717) is 39.6 Å². The van der Waals surface area contributed by atoms with Crippen molar-refractivity contribution < 1.29 is 14.2 Å². The number of hydrogen-bond acceptors (Lipinski definition) is 4. The molecule has 0 aromatic carbocycles. The van der Waals surface area contributed by atoms with E-state index in [0.717, 1.165) is 13.0 Å². The first-order valence-corrected chi connectivity index (χ1v) is 5.85. The highest BCUT2D eigenvalue weighted by molar-refractivity contribution is 4.37. The van der Waals surface area contributed by atoms with Crippen molar-refractivity contribution in [3.63, 3.8) is 0 Å². The highest BCUT2D eigenvalue weighted by atomic mass is 16.5. The molecule has 0 aliphatic heterocycles. The van der Waals surface area contributed by atoms with E-state index in [1.807, 2.05) is 0 Å². The normalized spacial score (nSPS) is 10.8. The Balaban J connectivity index is 2.81. The maximum Gasteiger partial charge on any atom is 0.0701 e. The van der Waals surface area contributed by atoms with Gasteiger partial charge in [-0.3, -0.25) is 0 Å². The van der Waals surface area contributed by atoms with Gasteiger partial charge in [-0.2, -0.15) is 0 Å². The molecule has 0 saturated carbocycles. The van der Waals surface area contributed by atoms with Crippen molar-refractivity contribution in [3.8, 4) is 0 Å². The van der Waals surface area contributed by atoms with Gasteiger partial charge in [0.15, 0.2) is 0 Å². The molecular weight excluding hydrogens is 194 g/mol. The van der Waals surface area contributed by atoms with Gasteiger partial charge in [-0.25, -0.2) is 0 Å². The van der Waals surface area contributed by atoms with Crippen LogP contribution >= 0.6 is 0 Å². The van der Waals surface area contributed by atoms with Gasteiger partial charge in [0.05, 0.1) is 33.0 Å². The molecular formula is C11H25NO3. The summed E-state index contributed by atoms with van der Waals surface area (Å²) in [6.45, 7) is 6.78. The van der Waals surface area contributed by atoms with Crippen LogP contribution in [0.15, 0.2) is 0 Å². The number of nitrogens with two attached hydrogens (primary N) is 1. The third-order valence-electron chi connectivity index (χ3n) is 1.90. The van der Waals surface area contributed by atoms with Crippen LogP contribution in [0.5, 0.6) is 0 Å². The standard InChI is InChI=1S/C11H25NO3/c1-2-3-4-6-13-8-10-15-11-9-14-7-5-12/h2-12H2,1H3. The summed E-state index contributed by atoms with van der Waals surface area (Å²) in [5, 5.41) is 0. The van der Waals surface area contributed by atoms with E-state index in [1.165, 1.54) is 12.8 Å². The Bertz CT molecular complexity index is 100. The van der Waals surface area contributed by atoms with Crippen molar-refractivity contribution in [1.82, 2.24) is 0 Å². The molecule has 0 aromatic rings. The zero-order valence-corrected chi connectivity index (χ0v) is 9.87. The molecule has 0 bridgehead atoms. The van der Waals surface area contributed by atoms with Gasteiger partial charge in [0.1, 0.15) is 0 Å². The molecule has 4 heteroatoms. The van der Waals surface area contributed by atoms with E-state index < -0.39 is 0 Å². The Hall–Kier alpha value is -0.160. The van der Waals surface area contributed by atoms with Crippen LogP contribution < -0.4 is 5.73 Å². The average molecular weight is 219 g/mol. The molecule has 0 amide bonds. The molecule has 0 aliphatic rings. The van der Waals surface area contributed by atoms with E-state index in [1.54, 1.807) is 0 Å². The number of rotatable bonds is 12. The molecule has 0 heterocycles. The lowest BCUT2D eigenvalue weighted by Crippen LogP contribution is -2.13. The van der Waals surface area contributed by atoms with E-state index >= 15 is 0 Å². The van der Waals surface area contributed by atoms with Gasteiger partial charge in [0.2, 0.25) is 0 Å². The van der Waals surface area contributed by atoms with Crippen molar-refractivity contribution in [1.29, 1.82) is 0 Å². The number of hydrogen-bond donors (Lipinski definition) is 1. The Morgan fingerprint density at radius 1 is 0.733 bits per heavy atom. The molecule has 0 rings (SSSR count). The van der Waals surface area contributed by atoms with Crippen LogP contribution in [0.3, 0.4) is 0 Å². The van der Waals surface area contributed by atoms with Crippen molar-refractivity contribution in [2.45, 2.75) is 26.2 Å². The molecule has 92 valence electrons. The molecule has 0 radical (unpaired) electrons. The summed E-state index contributed by atoms with van der Waals surface area (Å²) >= 11 is 0. The summed E-state index contributed by atoms with van der Waals surface area (Å²) < 4.78 is 15.8. The fourth-order valence-corrected chi connectivity index (χ4v) is 1.08. The highest BCUT2D eigenvalue weighted by Crippen LogP contribution is 1.93. The van der Waals surface area contributed by atoms with Gasteiger partial charge in [0, 0.05) is 13.2 Å². The Morgan fingerprint density at radius 2 is 1.27 bits per heavy atom. The van der Waals surface area contributed by atoms with Crippen molar-refractivity contribution >= 4 is 0 Å². The van der Waals surface area contributed by atoms with Crippen LogP contribution in [0.4, 0.5) is 0 Å². The second kappa shape index (κ2) is 13.8. The highest BCUT2D eigenvalue weighted by Gasteiger charge is 1.91. The number of ether oxygens (including phenoxy) is 3. The van der Waals surface area contributed by atoms with Crippen LogP contribution in [-0.4, -0.2) is 46.2 Å². The summed E-state index contributed by atoms with van der Waals surface area (Å²) in [6, 6.07) is 0. The van der Waals surface area contributed by atoms with E-state index in [9.17, 15) is 0 Å². The van der Waals surface area contributed by atoms with E-state index in [-0.39, 0.29) is 0 Å². The minimum Gasteiger partial charge on any atom is -0.379 e. The lowest BCUT2D eigenvalue weighted by atomic mass is 10.3. The van der Waals surface area contributed by atoms with Gasteiger partial charge in [-0.05, 0) is 6.42 Å². The van der Waals surface area contributed by atoms with Gasteiger partial charge < -0.3 is 19.9 Å². The molecule has 0 saturated heterocycles. The fraction of sp³-hybridized carbons (Fsp3) is 1.00. The van der Waals surface area contributed by atoms with Crippen LogP contribution in [0.1, 0.15) is 26.2 Å². The lowest BCUT2D eigenvalue weighted by Gasteiger charge is -2.05. The molecule has 15 heavy (non-hydrogen) atoms. The lowest BCUT2D eigenvalue weighted by molar-refractivity contribution is 0.0153. The number of unbranched alkanes of at least 4 members (excludes halogenated alkanes) is 2. The van der Waals surface area contributed by atoms with Gasteiger partial charge in [-0.15, -0.1) is 0 Å². The van der Waals surface area contributed by atoms with E-state index in [2.05, 4.69) is 6.92 Å².